The highest BCUT2D eigenvalue weighted by atomic mass is 35.5. The number of hydrogen-bond acceptors (Lipinski definition) is 4. The first-order valence-corrected chi connectivity index (χ1v) is 12.1. The second-order valence-electron chi connectivity index (χ2n) is 8.61. The van der Waals surface area contributed by atoms with Gasteiger partial charge in [0.25, 0.3) is 0 Å². The molecule has 0 bridgehead atoms. The number of hydrogen-bond donors (Lipinski definition) is 1. The summed E-state index contributed by atoms with van der Waals surface area (Å²) in [6.07, 6.45) is 1.40. The second-order valence-corrected chi connectivity index (χ2v) is 9.42. The van der Waals surface area contributed by atoms with Gasteiger partial charge in [-0.3, -0.25) is 4.79 Å². The lowest BCUT2D eigenvalue weighted by Crippen LogP contribution is -2.39. The van der Waals surface area contributed by atoms with Crippen molar-refractivity contribution in [3.8, 4) is 11.3 Å². The van der Waals surface area contributed by atoms with Crippen molar-refractivity contribution in [3.05, 3.63) is 82.3 Å². The van der Waals surface area contributed by atoms with Gasteiger partial charge in [-0.05, 0) is 44.0 Å². The van der Waals surface area contributed by atoms with Crippen molar-refractivity contribution in [2.45, 2.75) is 19.8 Å². The highest BCUT2D eigenvalue weighted by Gasteiger charge is 2.27. The summed E-state index contributed by atoms with van der Waals surface area (Å²) in [6, 6.07) is 21.6. The highest BCUT2D eigenvalue weighted by Crippen LogP contribution is 2.33. The molecule has 5 rings (SSSR count). The number of nitrogens with zero attached hydrogens (tertiary/aromatic N) is 3. The Kier molecular flexibility index (Phi) is 6.40. The molecule has 1 aliphatic rings. The maximum Gasteiger partial charge on any atom is 0.227 e. The summed E-state index contributed by atoms with van der Waals surface area (Å²) in [5.74, 6) is 0.512. The summed E-state index contributed by atoms with van der Waals surface area (Å²) in [5.41, 5.74) is 4.55. The van der Waals surface area contributed by atoms with E-state index in [0.717, 1.165) is 22.2 Å². The van der Waals surface area contributed by atoms with Crippen LogP contribution in [0.2, 0.25) is 10.0 Å². The third kappa shape index (κ3) is 4.59. The zero-order valence-electron chi connectivity index (χ0n) is 18.8. The van der Waals surface area contributed by atoms with Crippen LogP contribution in [0.15, 0.2) is 66.7 Å². The van der Waals surface area contributed by atoms with Gasteiger partial charge in [0, 0.05) is 30.0 Å². The maximum atomic E-state index is 12.9. The Hall–Kier alpha value is -3.15. The Morgan fingerprint density at radius 1 is 0.941 bits per heavy atom. The average Bonchev–Trinajstić information content (AvgIpc) is 2.86. The molecular weight excluding hydrogens is 467 g/mol. The van der Waals surface area contributed by atoms with Crippen LogP contribution < -0.4 is 10.2 Å². The van der Waals surface area contributed by atoms with E-state index >= 15 is 0 Å². The Bertz CT molecular complexity index is 1330. The van der Waals surface area contributed by atoms with Crippen LogP contribution >= 0.6 is 23.2 Å². The molecule has 0 saturated carbocycles. The number of anilines is 2. The molecule has 4 aromatic rings. The molecule has 1 saturated heterocycles. The summed E-state index contributed by atoms with van der Waals surface area (Å²) >= 11 is 12.4. The number of amides is 1. The number of carbonyl (C=O) groups excluding carboxylic acids is 1. The summed E-state index contributed by atoms with van der Waals surface area (Å²) < 4.78 is 0. The molecule has 3 aromatic carbocycles. The van der Waals surface area contributed by atoms with Gasteiger partial charge < -0.3 is 10.2 Å². The number of benzene rings is 3. The Balaban J connectivity index is 1.37. The lowest BCUT2D eigenvalue weighted by atomic mass is 9.96. The van der Waals surface area contributed by atoms with Gasteiger partial charge in [-0.15, -0.1) is 0 Å². The number of fused-ring (bicyclic) bond motifs is 1. The monoisotopic (exact) mass is 490 g/mol. The van der Waals surface area contributed by atoms with Crippen molar-refractivity contribution >= 4 is 51.6 Å². The third-order valence-electron chi connectivity index (χ3n) is 6.25. The van der Waals surface area contributed by atoms with Crippen molar-refractivity contribution in [3.63, 3.8) is 0 Å². The van der Waals surface area contributed by atoms with E-state index in [0.29, 0.717) is 47.6 Å². The largest absolute Gasteiger partial charge is 0.341 e. The molecule has 7 heteroatoms. The molecule has 1 amide bonds. The number of rotatable bonds is 4. The van der Waals surface area contributed by atoms with Crippen LogP contribution in [0, 0.1) is 12.8 Å². The van der Waals surface area contributed by atoms with E-state index in [1.165, 1.54) is 5.56 Å². The zero-order valence-corrected chi connectivity index (χ0v) is 20.3. The summed E-state index contributed by atoms with van der Waals surface area (Å²) in [5, 5.41) is 4.83. The minimum atomic E-state index is -0.125. The first kappa shape index (κ1) is 22.6. The third-order valence-corrected chi connectivity index (χ3v) is 6.88. The van der Waals surface area contributed by atoms with Gasteiger partial charge in [0.15, 0.2) is 0 Å². The molecule has 0 aliphatic carbocycles. The topological polar surface area (TPSA) is 58.1 Å². The Morgan fingerprint density at radius 2 is 1.65 bits per heavy atom. The quantitative estimate of drug-likeness (QED) is 0.343. The molecule has 0 spiro atoms. The number of aryl methyl sites for hydroxylation is 1. The van der Waals surface area contributed by atoms with Gasteiger partial charge in [0.2, 0.25) is 11.9 Å². The number of aromatic nitrogens is 2. The van der Waals surface area contributed by atoms with Crippen LogP contribution in [0.25, 0.3) is 22.2 Å². The van der Waals surface area contributed by atoms with E-state index < -0.39 is 0 Å². The van der Waals surface area contributed by atoms with Crippen LogP contribution in [-0.2, 0) is 4.79 Å². The molecule has 1 aromatic heterocycles. The normalized spacial score (nSPS) is 14.4. The molecule has 1 N–H and O–H groups in total. The number of piperidine rings is 1. The molecule has 172 valence electrons. The number of carbonyl (C=O) groups is 1. The van der Waals surface area contributed by atoms with Crippen LogP contribution in [-0.4, -0.2) is 29.0 Å². The summed E-state index contributed by atoms with van der Waals surface area (Å²) in [6.45, 7) is 3.47. The van der Waals surface area contributed by atoms with Gasteiger partial charge in [0.1, 0.15) is 0 Å². The number of para-hydroxylation sites is 1. The highest BCUT2D eigenvalue weighted by molar-refractivity contribution is 6.39. The standard InChI is InChI=1S/C27H24Cl2N4O/c1-17-10-11-23-20(16-17)24(18-6-3-2-4-7-18)32-27(30-23)33-14-12-19(13-15-33)26(34)31-25-21(28)8-5-9-22(25)29/h2-11,16,19H,12-15H2,1H3,(H,31,34). The van der Waals surface area contributed by atoms with Gasteiger partial charge in [-0.1, -0.05) is 71.2 Å². The van der Waals surface area contributed by atoms with Crippen molar-refractivity contribution in [1.29, 1.82) is 0 Å². The van der Waals surface area contributed by atoms with E-state index in [2.05, 4.69) is 47.5 Å². The lowest BCUT2D eigenvalue weighted by Gasteiger charge is -2.31. The minimum Gasteiger partial charge on any atom is -0.341 e. The zero-order chi connectivity index (χ0) is 23.7. The predicted octanol–water partition coefficient (Wildman–Crippen LogP) is 6.77. The van der Waals surface area contributed by atoms with Crippen molar-refractivity contribution in [1.82, 2.24) is 9.97 Å². The molecule has 0 radical (unpaired) electrons. The van der Waals surface area contributed by atoms with E-state index in [-0.39, 0.29) is 11.8 Å². The second kappa shape index (κ2) is 9.61. The first-order chi connectivity index (χ1) is 16.5. The van der Waals surface area contributed by atoms with Gasteiger partial charge in [0.05, 0.1) is 26.9 Å². The molecule has 0 atom stereocenters. The number of halogens is 2. The molecule has 1 fully saturated rings. The average molecular weight is 491 g/mol. The van der Waals surface area contributed by atoms with Crippen molar-refractivity contribution in [2.24, 2.45) is 5.92 Å². The predicted molar refractivity (Wildman–Crippen MR) is 140 cm³/mol. The molecule has 2 heterocycles. The maximum absolute atomic E-state index is 12.9. The van der Waals surface area contributed by atoms with Crippen molar-refractivity contribution in [2.75, 3.05) is 23.3 Å². The molecule has 0 unspecified atom stereocenters. The fourth-order valence-corrected chi connectivity index (χ4v) is 4.86. The lowest BCUT2D eigenvalue weighted by molar-refractivity contribution is -0.120. The van der Waals surface area contributed by atoms with E-state index in [1.807, 2.05) is 18.2 Å². The smallest absolute Gasteiger partial charge is 0.227 e. The molecule has 1 aliphatic heterocycles. The molecule has 5 nitrogen and oxygen atoms in total. The Morgan fingerprint density at radius 3 is 2.35 bits per heavy atom. The molecular formula is C27H24Cl2N4O. The minimum absolute atomic E-state index is 0.0606. The Labute approximate surface area is 208 Å². The van der Waals surface area contributed by atoms with Crippen LogP contribution in [0.4, 0.5) is 11.6 Å². The number of nitrogens with one attached hydrogen (secondary N) is 1. The molecule has 34 heavy (non-hydrogen) atoms. The SMILES string of the molecule is Cc1ccc2nc(N3CCC(C(=O)Nc4c(Cl)cccc4Cl)CC3)nc(-c3ccccc3)c2c1. The van der Waals surface area contributed by atoms with E-state index in [9.17, 15) is 4.79 Å². The van der Waals surface area contributed by atoms with Crippen LogP contribution in [0.3, 0.4) is 0 Å². The van der Waals surface area contributed by atoms with E-state index in [1.54, 1.807) is 18.2 Å². The first-order valence-electron chi connectivity index (χ1n) is 11.3. The van der Waals surface area contributed by atoms with Gasteiger partial charge in [-0.25, -0.2) is 9.97 Å². The van der Waals surface area contributed by atoms with Gasteiger partial charge in [-0.2, -0.15) is 0 Å². The van der Waals surface area contributed by atoms with Crippen LogP contribution in [0.1, 0.15) is 18.4 Å². The van der Waals surface area contributed by atoms with E-state index in [4.69, 9.17) is 33.2 Å². The summed E-state index contributed by atoms with van der Waals surface area (Å²) in [7, 11) is 0. The van der Waals surface area contributed by atoms with Crippen molar-refractivity contribution < 1.29 is 4.79 Å². The fraction of sp³-hybridized carbons (Fsp3) is 0.222. The fourth-order valence-electron chi connectivity index (χ4n) is 4.37. The summed E-state index contributed by atoms with van der Waals surface area (Å²) in [4.78, 5) is 24.9. The van der Waals surface area contributed by atoms with Crippen LogP contribution in [0.5, 0.6) is 0 Å². The van der Waals surface area contributed by atoms with Gasteiger partial charge >= 0.3 is 0 Å².